The molecule has 0 aliphatic carbocycles. The van der Waals surface area contributed by atoms with Gasteiger partial charge in [-0.3, -0.25) is 14.3 Å². The predicted molar refractivity (Wildman–Crippen MR) is 134 cm³/mol. The van der Waals surface area contributed by atoms with Gasteiger partial charge in [0.1, 0.15) is 28.2 Å². The number of halogens is 2. The van der Waals surface area contributed by atoms with Gasteiger partial charge >= 0.3 is 0 Å². The Morgan fingerprint density at radius 3 is 2.49 bits per heavy atom. The molecule has 35 heavy (non-hydrogen) atoms. The van der Waals surface area contributed by atoms with E-state index in [4.69, 9.17) is 4.74 Å². The quantitative estimate of drug-likeness (QED) is 0.371. The van der Waals surface area contributed by atoms with Gasteiger partial charge in [-0.1, -0.05) is 12.1 Å². The predicted octanol–water partition coefficient (Wildman–Crippen LogP) is 5.01. The van der Waals surface area contributed by atoms with Crippen LogP contribution < -0.4 is 10.3 Å². The van der Waals surface area contributed by atoms with Crippen molar-refractivity contribution in [1.82, 2.24) is 19.5 Å². The van der Waals surface area contributed by atoms with E-state index in [1.54, 1.807) is 61.1 Å². The summed E-state index contributed by atoms with van der Waals surface area (Å²) in [5.41, 5.74) is 2.46. The molecule has 0 radical (unpaired) electrons. The molecule has 7 nitrogen and oxygen atoms in total. The first kappa shape index (κ1) is 24.7. The van der Waals surface area contributed by atoms with Gasteiger partial charge in [0.25, 0.3) is 5.56 Å². The van der Waals surface area contributed by atoms with Crippen LogP contribution in [-0.4, -0.2) is 24.6 Å². The Morgan fingerprint density at radius 1 is 1.09 bits per heavy atom. The Morgan fingerprint density at radius 2 is 1.80 bits per heavy atom. The summed E-state index contributed by atoms with van der Waals surface area (Å²) >= 11 is 3.38. The molecule has 4 aromatic rings. The Balaban J connectivity index is 1.72. The summed E-state index contributed by atoms with van der Waals surface area (Å²) in [6.45, 7) is 7.10. The molecule has 0 aliphatic rings. The van der Waals surface area contributed by atoms with Crippen molar-refractivity contribution in [2.24, 2.45) is 0 Å². The summed E-state index contributed by atoms with van der Waals surface area (Å²) in [4.78, 5) is 26.4. The summed E-state index contributed by atoms with van der Waals surface area (Å²) in [5.74, 6) is 0.349. The summed E-state index contributed by atoms with van der Waals surface area (Å²) < 4.78 is 20.8. The number of benzene rings is 1. The van der Waals surface area contributed by atoms with E-state index in [1.807, 2.05) is 13.8 Å². The van der Waals surface area contributed by atoms with Crippen LogP contribution in [-0.2, 0) is 12.2 Å². The molecule has 0 amide bonds. The molecular weight excluding hydrogens is 515 g/mol. The highest BCUT2D eigenvalue weighted by molar-refractivity contribution is 9.10. The van der Waals surface area contributed by atoms with Gasteiger partial charge in [0.2, 0.25) is 0 Å². The van der Waals surface area contributed by atoms with E-state index in [9.17, 15) is 14.3 Å². The summed E-state index contributed by atoms with van der Waals surface area (Å²) in [5, 5.41) is 10.3. The largest absolute Gasteiger partial charge is 0.487 e. The second-order valence-corrected chi connectivity index (χ2v) is 9.49. The minimum absolute atomic E-state index is 0.192. The molecule has 1 N–H and O–H groups in total. The summed E-state index contributed by atoms with van der Waals surface area (Å²) in [6.07, 6.45) is 3.24. The zero-order chi connectivity index (χ0) is 25.3. The first-order chi connectivity index (χ1) is 16.5. The van der Waals surface area contributed by atoms with E-state index in [2.05, 4.69) is 30.9 Å². The third-order valence-corrected chi connectivity index (χ3v) is 6.12. The van der Waals surface area contributed by atoms with Crippen LogP contribution in [0.15, 0.2) is 64.1 Å². The Kier molecular flexibility index (Phi) is 6.82. The lowest BCUT2D eigenvalue weighted by Crippen LogP contribution is -2.23. The Labute approximate surface area is 210 Å². The average Bonchev–Trinajstić information content (AvgIpc) is 2.82. The molecular formula is C26H24BrFN4O3. The van der Waals surface area contributed by atoms with E-state index in [0.29, 0.717) is 28.5 Å². The standard InChI is InChI=1S/C26H24BrFN4O3/c1-15-13-30-20(19-9-10-29-25(31-19)26(3,4)34)12-21(15)32-16(2)11-22(23(27)24(32)33)35-14-17-5-7-18(28)8-6-17/h5-13,34H,14H2,1-4H3. The normalized spacial score (nSPS) is 11.5. The fourth-order valence-electron chi connectivity index (χ4n) is 3.52. The molecule has 4 rings (SSSR count). The van der Waals surface area contributed by atoms with Gasteiger partial charge in [0.15, 0.2) is 5.82 Å². The number of ether oxygens (including phenoxy) is 1. The average molecular weight is 539 g/mol. The number of aliphatic hydroxyl groups is 1. The SMILES string of the molecule is Cc1cnc(-c2ccnc(C(C)(C)O)n2)cc1-n1c(C)cc(OCc2ccc(F)cc2)c(Br)c1=O. The van der Waals surface area contributed by atoms with Crippen molar-refractivity contribution < 1.29 is 14.2 Å². The first-order valence-corrected chi connectivity index (χ1v) is 11.7. The van der Waals surface area contributed by atoms with Gasteiger partial charge < -0.3 is 9.84 Å². The maximum atomic E-state index is 13.4. The van der Waals surface area contributed by atoms with Gasteiger partial charge in [0.05, 0.1) is 17.1 Å². The van der Waals surface area contributed by atoms with Crippen LogP contribution in [0.4, 0.5) is 4.39 Å². The number of aromatic nitrogens is 4. The molecule has 0 unspecified atom stereocenters. The molecule has 3 heterocycles. The van der Waals surface area contributed by atoms with Gasteiger partial charge in [0, 0.05) is 24.2 Å². The number of hydrogen-bond donors (Lipinski definition) is 1. The molecule has 0 spiro atoms. The fourth-order valence-corrected chi connectivity index (χ4v) is 3.92. The van der Waals surface area contributed by atoms with E-state index in [0.717, 1.165) is 11.1 Å². The molecule has 0 saturated heterocycles. The minimum atomic E-state index is -1.20. The Hall–Kier alpha value is -3.43. The van der Waals surface area contributed by atoms with E-state index in [1.165, 1.54) is 12.1 Å². The van der Waals surface area contributed by atoms with Crippen LogP contribution in [0, 0.1) is 19.7 Å². The van der Waals surface area contributed by atoms with E-state index < -0.39 is 5.60 Å². The number of nitrogens with zero attached hydrogens (tertiary/aromatic N) is 4. The molecule has 3 aromatic heterocycles. The van der Waals surface area contributed by atoms with Crippen molar-refractivity contribution in [2.45, 2.75) is 39.9 Å². The van der Waals surface area contributed by atoms with Gasteiger partial charge in [-0.25, -0.2) is 14.4 Å². The molecule has 1 aromatic carbocycles. The number of aryl methyl sites for hydroxylation is 2. The molecule has 0 saturated carbocycles. The van der Waals surface area contributed by atoms with Crippen LogP contribution in [0.1, 0.15) is 36.5 Å². The van der Waals surface area contributed by atoms with Crippen LogP contribution >= 0.6 is 15.9 Å². The maximum Gasteiger partial charge on any atom is 0.273 e. The highest BCUT2D eigenvalue weighted by Gasteiger charge is 2.21. The Bertz CT molecular complexity index is 1450. The van der Waals surface area contributed by atoms with Gasteiger partial charge in [-0.15, -0.1) is 0 Å². The monoisotopic (exact) mass is 538 g/mol. The fraction of sp³-hybridized carbons (Fsp3) is 0.231. The van der Waals surface area contributed by atoms with Crippen molar-refractivity contribution in [2.75, 3.05) is 0 Å². The second-order valence-electron chi connectivity index (χ2n) is 8.70. The first-order valence-electron chi connectivity index (χ1n) is 10.9. The minimum Gasteiger partial charge on any atom is -0.487 e. The van der Waals surface area contributed by atoms with Crippen LogP contribution in [0.3, 0.4) is 0 Å². The maximum absolute atomic E-state index is 13.4. The topological polar surface area (TPSA) is 90.1 Å². The van der Waals surface area contributed by atoms with Gasteiger partial charge in [-0.2, -0.15) is 0 Å². The van der Waals surface area contributed by atoms with E-state index in [-0.39, 0.29) is 28.3 Å². The van der Waals surface area contributed by atoms with Crippen molar-refractivity contribution in [3.63, 3.8) is 0 Å². The van der Waals surface area contributed by atoms with Crippen LogP contribution in [0.25, 0.3) is 17.1 Å². The summed E-state index contributed by atoms with van der Waals surface area (Å²) in [6, 6.07) is 11.3. The van der Waals surface area contributed by atoms with Crippen LogP contribution in [0.5, 0.6) is 5.75 Å². The number of pyridine rings is 2. The molecule has 0 fully saturated rings. The zero-order valence-electron chi connectivity index (χ0n) is 19.7. The smallest absolute Gasteiger partial charge is 0.273 e. The van der Waals surface area contributed by atoms with Crippen molar-refractivity contribution >= 4 is 15.9 Å². The molecule has 9 heteroatoms. The zero-order valence-corrected chi connectivity index (χ0v) is 21.3. The van der Waals surface area contributed by atoms with E-state index >= 15 is 0 Å². The summed E-state index contributed by atoms with van der Waals surface area (Å²) in [7, 11) is 0. The number of rotatable bonds is 6. The highest BCUT2D eigenvalue weighted by Crippen LogP contribution is 2.28. The van der Waals surface area contributed by atoms with Gasteiger partial charge in [-0.05, 0) is 79.0 Å². The molecule has 180 valence electrons. The number of hydrogen-bond acceptors (Lipinski definition) is 6. The third-order valence-electron chi connectivity index (χ3n) is 5.39. The highest BCUT2D eigenvalue weighted by atomic mass is 79.9. The van der Waals surface area contributed by atoms with Crippen molar-refractivity contribution in [1.29, 1.82) is 0 Å². The molecule has 0 bridgehead atoms. The molecule has 0 atom stereocenters. The lowest BCUT2D eigenvalue weighted by molar-refractivity contribution is 0.0688. The second kappa shape index (κ2) is 9.67. The van der Waals surface area contributed by atoms with Crippen LogP contribution in [0.2, 0.25) is 0 Å². The van der Waals surface area contributed by atoms with Crippen molar-refractivity contribution in [3.05, 3.63) is 98.1 Å². The lowest BCUT2D eigenvalue weighted by Gasteiger charge is -2.18. The molecule has 0 aliphatic heterocycles. The third kappa shape index (κ3) is 5.31. The lowest BCUT2D eigenvalue weighted by atomic mass is 10.1. The van der Waals surface area contributed by atoms with Crippen molar-refractivity contribution in [3.8, 4) is 22.8 Å².